The van der Waals surface area contributed by atoms with Crippen LogP contribution in [0.3, 0.4) is 0 Å². The van der Waals surface area contributed by atoms with Crippen molar-refractivity contribution < 1.29 is 14.1 Å². The fraction of sp³-hybridized carbons (Fsp3) is 0.333. The van der Waals surface area contributed by atoms with Crippen LogP contribution in [-0.4, -0.2) is 17.7 Å². The van der Waals surface area contributed by atoms with Crippen molar-refractivity contribution in [1.29, 1.82) is 0 Å². The van der Waals surface area contributed by atoms with Gasteiger partial charge in [-0.1, -0.05) is 34.4 Å². The highest BCUT2D eigenvalue weighted by atomic mass is 35.5. The smallest absolute Gasteiger partial charge is 0.344 e. The third-order valence-corrected chi connectivity index (χ3v) is 3.98. The Balaban J connectivity index is 2.16. The van der Waals surface area contributed by atoms with E-state index >= 15 is 0 Å². The molecule has 2 aromatic rings. The molecule has 3 rings (SSSR count). The standard InChI is InChI=1S/C15H13Cl2NO3/c1-2-20-15(19)12-13(18-21-14(12)8-6-7-8)11-9(16)4-3-5-10(11)17/h3-5,8H,2,6-7H2,1H3. The minimum atomic E-state index is -0.452. The van der Waals surface area contributed by atoms with Gasteiger partial charge >= 0.3 is 5.97 Å². The van der Waals surface area contributed by atoms with Crippen molar-refractivity contribution in [3.05, 3.63) is 39.6 Å². The van der Waals surface area contributed by atoms with Gasteiger partial charge in [0.05, 0.1) is 16.7 Å². The molecule has 0 saturated heterocycles. The number of halogens is 2. The largest absolute Gasteiger partial charge is 0.462 e. The van der Waals surface area contributed by atoms with Crippen LogP contribution < -0.4 is 0 Å². The summed E-state index contributed by atoms with van der Waals surface area (Å²) in [7, 11) is 0. The number of aromatic nitrogens is 1. The summed E-state index contributed by atoms with van der Waals surface area (Å²) in [6.45, 7) is 2.04. The van der Waals surface area contributed by atoms with Crippen molar-refractivity contribution in [2.45, 2.75) is 25.7 Å². The van der Waals surface area contributed by atoms with E-state index in [1.54, 1.807) is 25.1 Å². The molecule has 0 N–H and O–H groups in total. The number of carbonyl (C=O) groups excluding carboxylic acids is 1. The van der Waals surface area contributed by atoms with E-state index in [9.17, 15) is 4.79 Å². The molecule has 21 heavy (non-hydrogen) atoms. The maximum atomic E-state index is 12.3. The van der Waals surface area contributed by atoms with Crippen LogP contribution in [0, 0.1) is 0 Å². The van der Waals surface area contributed by atoms with E-state index in [2.05, 4.69) is 5.16 Å². The van der Waals surface area contributed by atoms with E-state index in [0.717, 1.165) is 12.8 Å². The third kappa shape index (κ3) is 2.65. The zero-order valence-electron chi connectivity index (χ0n) is 11.4. The molecule has 0 spiro atoms. The summed E-state index contributed by atoms with van der Waals surface area (Å²) in [5.74, 6) is 0.345. The fourth-order valence-electron chi connectivity index (χ4n) is 2.22. The molecular formula is C15H13Cl2NO3. The number of hydrogen-bond donors (Lipinski definition) is 0. The van der Waals surface area contributed by atoms with Gasteiger partial charge in [-0.15, -0.1) is 0 Å². The second kappa shape index (κ2) is 5.70. The molecule has 0 unspecified atom stereocenters. The molecule has 0 amide bonds. The van der Waals surface area contributed by atoms with Gasteiger partial charge in [0, 0.05) is 11.5 Å². The van der Waals surface area contributed by atoms with Gasteiger partial charge < -0.3 is 9.26 Å². The zero-order chi connectivity index (χ0) is 15.0. The Bertz CT molecular complexity index is 672. The van der Waals surface area contributed by atoms with E-state index in [1.807, 2.05) is 0 Å². The molecule has 1 saturated carbocycles. The zero-order valence-corrected chi connectivity index (χ0v) is 12.9. The quantitative estimate of drug-likeness (QED) is 0.764. The first-order chi connectivity index (χ1) is 10.1. The van der Waals surface area contributed by atoms with E-state index in [-0.39, 0.29) is 12.5 Å². The van der Waals surface area contributed by atoms with Gasteiger partial charge in [0.1, 0.15) is 11.3 Å². The Labute approximate surface area is 132 Å². The summed E-state index contributed by atoms with van der Waals surface area (Å²) in [5, 5.41) is 4.87. The molecule has 1 aromatic carbocycles. The van der Waals surface area contributed by atoms with Gasteiger partial charge in [0.2, 0.25) is 0 Å². The molecule has 0 bridgehead atoms. The average Bonchev–Trinajstić information content (AvgIpc) is 3.19. The highest BCUT2D eigenvalue weighted by Gasteiger charge is 2.36. The lowest BCUT2D eigenvalue weighted by Crippen LogP contribution is -2.07. The number of ether oxygens (including phenoxy) is 1. The summed E-state index contributed by atoms with van der Waals surface area (Å²) in [5.41, 5.74) is 1.19. The van der Waals surface area contributed by atoms with Gasteiger partial charge in [0.25, 0.3) is 0 Å². The monoisotopic (exact) mass is 325 g/mol. The topological polar surface area (TPSA) is 52.3 Å². The Morgan fingerprint density at radius 2 is 2.05 bits per heavy atom. The van der Waals surface area contributed by atoms with Gasteiger partial charge in [-0.2, -0.15) is 0 Å². The van der Waals surface area contributed by atoms with Crippen molar-refractivity contribution in [3.8, 4) is 11.3 Å². The van der Waals surface area contributed by atoms with Crippen LogP contribution in [0.2, 0.25) is 10.0 Å². The normalized spacial score (nSPS) is 14.2. The van der Waals surface area contributed by atoms with Crippen molar-refractivity contribution in [1.82, 2.24) is 5.16 Å². The lowest BCUT2D eigenvalue weighted by atomic mass is 10.0. The van der Waals surface area contributed by atoms with E-state index in [1.165, 1.54) is 0 Å². The first-order valence-corrected chi connectivity index (χ1v) is 7.50. The maximum Gasteiger partial charge on any atom is 0.344 e. The molecule has 1 aliphatic rings. The Morgan fingerprint density at radius 1 is 1.38 bits per heavy atom. The molecular weight excluding hydrogens is 313 g/mol. The second-order valence-corrected chi connectivity index (χ2v) is 5.68. The first-order valence-electron chi connectivity index (χ1n) is 6.74. The Morgan fingerprint density at radius 3 is 2.62 bits per heavy atom. The van der Waals surface area contributed by atoms with Gasteiger partial charge in [-0.3, -0.25) is 0 Å². The average molecular weight is 326 g/mol. The summed E-state index contributed by atoms with van der Waals surface area (Å²) in [6.07, 6.45) is 1.97. The molecule has 1 aromatic heterocycles. The molecule has 0 aliphatic heterocycles. The predicted octanol–water partition coefficient (Wildman–Crippen LogP) is 4.70. The molecule has 0 radical (unpaired) electrons. The van der Waals surface area contributed by atoms with Crippen LogP contribution in [0.5, 0.6) is 0 Å². The van der Waals surface area contributed by atoms with Crippen LogP contribution in [-0.2, 0) is 4.74 Å². The number of hydrogen-bond acceptors (Lipinski definition) is 4. The number of esters is 1. The molecule has 1 aliphatic carbocycles. The van der Waals surface area contributed by atoms with Crippen LogP contribution >= 0.6 is 23.2 Å². The van der Waals surface area contributed by atoms with Gasteiger partial charge in [0.15, 0.2) is 5.76 Å². The second-order valence-electron chi connectivity index (χ2n) is 4.86. The molecule has 6 heteroatoms. The summed E-state index contributed by atoms with van der Waals surface area (Å²) in [4.78, 5) is 12.3. The van der Waals surface area contributed by atoms with E-state index in [4.69, 9.17) is 32.5 Å². The van der Waals surface area contributed by atoms with Crippen molar-refractivity contribution >= 4 is 29.2 Å². The van der Waals surface area contributed by atoms with Crippen molar-refractivity contribution in [2.75, 3.05) is 6.61 Å². The Hall–Kier alpha value is -1.52. The highest BCUT2D eigenvalue weighted by molar-refractivity contribution is 6.39. The highest BCUT2D eigenvalue weighted by Crippen LogP contribution is 2.45. The maximum absolute atomic E-state index is 12.3. The summed E-state index contributed by atoms with van der Waals surface area (Å²) >= 11 is 12.4. The third-order valence-electron chi connectivity index (χ3n) is 3.35. The number of nitrogens with zero attached hydrogens (tertiary/aromatic N) is 1. The number of carbonyl (C=O) groups is 1. The van der Waals surface area contributed by atoms with Crippen molar-refractivity contribution in [2.24, 2.45) is 0 Å². The molecule has 1 heterocycles. The van der Waals surface area contributed by atoms with Crippen molar-refractivity contribution in [3.63, 3.8) is 0 Å². The van der Waals surface area contributed by atoms with Crippen LogP contribution in [0.1, 0.15) is 41.8 Å². The van der Waals surface area contributed by atoms with Crippen LogP contribution in [0.4, 0.5) is 0 Å². The molecule has 1 fully saturated rings. The SMILES string of the molecule is CCOC(=O)c1c(-c2c(Cl)cccc2Cl)noc1C1CC1. The van der Waals surface area contributed by atoms with E-state index < -0.39 is 5.97 Å². The van der Waals surface area contributed by atoms with Gasteiger partial charge in [-0.25, -0.2) is 4.79 Å². The Kier molecular flexibility index (Phi) is 3.91. The summed E-state index contributed by atoms with van der Waals surface area (Å²) in [6, 6.07) is 5.13. The first kappa shape index (κ1) is 14.4. The fourth-order valence-corrected chi connectivity index (χ4v) is 2.80. The minimum Gasteiger partial charge on any atom is -0.462 e. The van der Waals surface area contributed by atoms with Crippen LogP contribution in [0.25, 0.3) is 11.3 Å². The lowest BCUT2D eigenvalue weighted by molar-refractivity contribution is 0.0524. The molecule has 0 atom stereocenters. The minimum absolute atomic E-state index is 0.229. The molecule has 4 nitrogen and oxygen atoms in total. The van der Waals surface area contributed by atoms with E-state index in [0.29, 0.717) is 32.6 Å². The van der Waals surface area contributed by atoms with Gasteiger partial charge in [-0.05, 0) is 31.9 Å². The molecule has 110 valence electrons. The number of rotatable bonds is 4. The van der Waals surface area contributed by atoms with Crippen LogP contribution in [0.15, 0.2) is 22.7 Å². The number of benzene rings is 1. The summed E-state index contributed by atoms with van der Waals surface area (Å²) < 4.78 is 10.5. The predicted molar refractivity (Wildman–Crippen MR) is 79.9 cm³/mol. The lowest BCUT2D eigenvalue weighted by Gasteiger charge is -2.06.